The van der Waals surface area contributed by atoms with Gasteiger partial charge in [-0.1, -0.05) is 19.8 Å². The highest BCUT2D eigenvalue weighted by atomic mass is 16.5. The van der Waals surface area contributed by atoms with Crippen molar-refractivity contribution in [2.24, 2.45) is 5.92 Å². The molecular weight excluding hydrogens is 196 g/mol. The fraction of sp³-hybridized carbons (Fsp3) is 0.909. The molecule has 0 aromatic rings. The van der Waals surface area contributed by atoms with E-state index < -0.39 is 11.9 Å². The molecule has 1 saturated heterocycles. The summed E-state index contributed by atoms with van der Waals surface area (Å²) in [6, 6.07) is 0. The van der Waals surface area contributed by atoms with E-state index in [4.69, 9.17) is 14.6 Å². The first-order valence-electron chi connectivity index (χ1n) is 5.56. The summed E-state index contributed by atoms with van der Waals surface area (Å²) in [5.41, 5.74) is 0. The van der Waals surface area contributed by atoms with Gasteiger partial charge in [0.25, 0.3) is 0 Å². The van der Waals surface area contributed by atoms with Crippen molar-refractivity contribution in [2.75, 3.05) is 13.7 Å². The standard InChI is InChI=1S/C11H20O4/c1-3-4-5-8-6-9(11(12)13)10(15-8)7-14-2/h8-10H,3-7H2,1-2H3,(H,12,13). The van der Waals surface area contributed by atoms with Crippen LogP contribution >= 0.6 is 0 Å². The average molecular weight is 216 g/mol. The Balaban J connectivity index is 2.45. The summed E-state index contributed by atoms with van der Waals surface area (Å²) in [5.74, 6) is -1.16. The summed E-state index contributed by atoms with van der Waals surface area (Å²) < 4.78 is 10.6. The molecule has 3 atom stereocenters. The van der Waals surface area contributed by atoms with Crippen LogP contribution in [0.15, 0.2) is 0 Å². The van der Waals surface area contributed by atoms with Gasteiger partial charge in [-0.2, -0.15) is 0 Å². The SMILES string of the molecule is CCCCC1CC(C(=O)O)C(COC)O1. The molecule has 1 rings (SSSR count). The van der Waals surface area contributed by atoms with Crippen molar-refractivity contribution in [1.82, 2.24) is 0 Å². The Bertz CT molecular complexity index is 205. The second-order valence-electron chi connectivity index (χ2n) is 4.07. The van der Waals surface area contributed by atoms with Crippen molar-refractivity contribution in [3.05, 3.63) is 0 Å². The largest absolute Gasteiger partial charge is 0.481 e. The van der Waals surface area contributed by atoms with Gasteiger partial charge in [0.2, 0.25) is 0 Å². The molecule has 1 aliphatic rings. The van der Waals surface area contributed by atoms with Gasteiger partial charge in [-0.15, -0.1) is 0 Å². The van der Waals surface area contributed by atoms with Crippen LogP contribution in [-0.4, -0.2) is 37.0 Å². The predicted molar refractivity (Wildman–Crippen MR) is 55.8 cm³/mol. The lowest BCUT2D eigenvalue weighted by Gasteiger charge is -2.14. The summed E-state index contributed by atoms with van der Waals surface area (Å²) in [7, 11) is 1.57. The number of methoxy groups -OCH3 is 1. The van der Waals surface area contributed by atoms with Gasteiger partial charge in [0.1, 0.15) is 0 Å². The van der Waals surface area contributed by atoms with Crippen LogP contribution in [-0.2, 0) is 14.3 Å². The molecule has 0 aromatic carbocycles. The van der Waals surface area contributed by atoms with E-state index in [1.54, 1.807) is 7.11 Å². The van der Waals surface area contributed by atoms with E-state index in [0.29, 0.717) is 13.0 Å². The Morgan fingerprint density at radius 2 is 2.33 bits per heavy atom. The summed E-state index contributed by atoms with van der Waals surface area (Å²) in [5, 5.41) is 9.02. The van der Waals surface area contributed by atoms with Gasteiger partial charge in [-0.25, -0.2) is 0 Å². The number of hydrogen-bond acceptors (Lipinski definition) is 3. The van der Waals surface area contributed by atoms with Gasteiger partial charge in [0.05, 0.1) is 24.7 Å². The molecule has 0 spiro atoms. The van der Waals surface area contributed by atoms with Gasteiger partial charge in [-0.05, 0) is 12.8 Å². The van der Waals surface area contributed by atoms with Crippen molar-refractivity contribution in [1.29, 1.82) is 0 Å². The predicted octanol–water partition coefficient (Wildman–Crippen LogP) is 1.68. The van der Waals surface area contributed by atoms with Crippen LogP contribution in [0.5, 0.6) is 0 Å². The first kappa shape index (κ1) is 12.5. The molecule has 0 saturated carbocycles. The zero-order valence-corrected chi connectivity index (χ0v) is 9.44. The summed E-state index contributed by atoms with van der Waals surface area (Å²) in [4.78, 5) is 11.0. The minimum absolute atomic E-state index is 0.103. The summed E-state index contributed by atoms with van der Waals surface area (Å²) in [6.45, 7) is 2.50. The molecule has 4 heteroatoms. The molecule has 0 bridgehead atoms. The Morgan fingerprint density at radius 3 is 2.87 bits per heavy atom. The highest BCUT2D eigenvalue weighted by Gasteiger charge is 2.39. The lowest BCUT2D eigenvalue weighted by molar-refractivity contribution is -0.144. The Morgan fingerprint density at radius 1 is 1.60 bits per heavy atom. The number of unbranched alkanes of at least 4 members (excludes halogenated alkanes) is 1. The number of rotatable bonds is 6. The Labute approximate surface area is 90.6 Å². The monoisotopic (exact) mass is 216 g/mol. The van der Waals surface area contributed by atoms with Crippen molar-refractivity contribution >= 4 is 5.97 Å². The van der Waals surface area contributed by atoms with E-state index >= 15 is 0 Å². The fourth-order valence-corrected chi connectivity index (χ4v) is 2.03. The zero-order valence-electron chi connectivity index (χ0n) is 9.44. The second-order valence-corrected chi connectivity index (χ2v) is 4.07. The maximum Gasteiger partial charge on any atom is 0.309 e. The number of carbonyl (C=O) groups is 1. The maximum atomic E-state index is 11.0. The number of ether oxygens (including phenoxy) is 2. The lowest BCUT2D eigenvalue weighted by Crippen LogP contribution is -2.27. The molecule has 3 unspecified atom stereocenters. The van der Waals surface area contributed by atoms with Crippen molar-refractivity contribution in [2.45, 2.75) is 44.8 Å². The molecule has 1 heterocycles. The molecule has 0 amide bonds. The maximum absolute atomic E-state index is 11.0. The van der Waals surface area contributed by atoms with E-state index in [9.17, 15) is 4.79 Å². The van der Waals surface area contributed by atoms with E-state index in [-0.39, 0.29) is 12.2 Å². The first-order chi connectivity index (χ1) is 7.19. The minimum atomic E-state index is -0.768. The molecular formula is C11H20O4. The van der Waals surface area contributed by atoms with Crippen molar-refractivity contribution < 1.29 is 19.4 Å². The van der Waals surface area contributed by atoms with Crippen LogP contribution < -0.4 is 0 Å². The normalized spacial score (nSPS) is 30.7. The number of carboxylic acids is 1. The topological polar surface area (TPSA) is 55.8 Å². The Kier molecular flexibility index (Phi) is 5.05. The third-order valence-corrected chi connectivity index (χ3v) is 2.86. The molecule has 1 aliphatic heterocycles. The van der Waals surface area contributed by atoms with Crippen molar-refractivity contribution in [3.8, 4) is 0 Å². The molecule has 1 N–H and O–H groups in total. The number of carboxylic acid groups (broad SMARTS) is 1. The third kappa shape index (κ3) is 3.47. The smallest absolute Gasteiger partial charge is 0.309 e. The molecule has 0 aromatic heterocycles. The van der Waals surface area contributed by atoms with E-state index in [0.717, 1.165) is 19.3 Å². The van der Waals surface area contributed by atoms with Crippen LogP contribution in [0.25, 0.3) is 0 Å². The highest BCUT2D eigenvalue weighted by Crippen LogP contribution is 2.29. The van der Waals surface area contributed by atoms with Crippen LogP contribution in [0.4, 0.5) is 0 Å². The summed E-state index contributed by atoms with van der Waals surface area (Å²) >= 11 is 0. The Hall–Kier alpha value is -0.610. The van der Waals surface area contributed by atoms with Crippen LogP contribution in [0.2, 0.25) is 0 Å². The second kappa shape index (κ2) is 6.08. The molecule has 88 valence electrons. The highest BCUT2D eigenvalue weighted by molar-refractivity contribution is 5.71. The molecule has 15 heavy (non-hydrogen) atoms. The van der Waals surface area contributed by atoms with Crippen LogP contribution in [0.1, 0.15) is 32.6 Å². The van der Waals surface area contributed by atoms with Gasteiger partial charge in [-0.3, -0.25) is 4.79 Å². The van der Waals surface area contributed by atoms with E-state index in [1.807, 2.05) is 0 Å². The van der Waals surface area contributed by atoms with E-state index in [1.165, 1.54) is 0 Å². The zero-order chi connectivity index (χ0) is 11.3. The number of hydrogen-bond donors (Lipinski definition) is 1. The van der Waals surface area contributed by atoms with Gasteiger partial charge in [0, 0.05) is 7.11 Å². The summed E-state index contributed by atoms with van der Waals surface area (Å²) in [6.07, 6.45) is 3.63. The average Bonchev–Trinajstić information content (AvgIpc) is 2.59. The molecule has 0 radical (unpaired) electrons. The molecule has 1 fully saturated rings. The van der Waals surface area contributed by atoms with Crippen molar-refractivity contribution in [3.63, 3.8) is 0 Å². The minimum Gasteiger partial charge on any atom is -0.481 e. The first-order valence-corrected chi connectivity index (χ1v) is 5.56. The van der Waals surface area contributed by atoms with Gasteiger partial charge in [0.15, 0.2) is 0 Å². The quantitative estimate of drug-likeness (QED) is 0.734. The van der Waals surface area contributed by atoms with Gasteiger partial charge >= 0.3 is 5.97 Å². The van der Waals surface area contributed by atoms with Crippen LogP contribution in [0.3, 0.4) is 0 Å². The fourth-order valence-electron chi connectivity index (χ4n) is 2.03. The van der Waals surface area contributed by atoms with Crippen LogP contribution in [0, 0.1) is 5.92 Å². The number of aliphatic carboxylic acids is 1. The molecule has 4 nitrogen and oxygen atoms in total. The third-order valence-electron chi connectivity index (χ3n) is 2.86. The van der Waals surface area contributed by atoms with Gasteiger partial charge < -0.3 is 14.6 Å². The van der Waals surface area contributed by atoms with E-state index in [2.05, 4.69) is 6.92 Å². The molecule has 0 aliphatic carbocycles. The lowest BCUT2D eigenvalue weighted by atomic mass is 9.98.